The molecule has 0 radical (unpaired) electrons. The number of nitrogens with zero attached hydrogens (tertiary/aromatic N) is 1. The van der Waals surface area contributed by atoms with E-state index in [1.165, 1.54) is 12.8 Å². The lowest BCUT2D eigenvalue weighted by molar-refractivity contribution is 0.278. The number of H-pyrrole nitrogens is 1. The molecule has 1 aromatic rings. The minimum atomic E-state index is -0.164. The second-order valence-electron chi connectivity index (χ2n) is 4.93. The number of hydrogen-bond donors (Lipinski definition) is 2. The lowest BCUT2D eigenvalue weighted by Gasteiger charge is -2.10. The van der Waals surface area contributed by atoms with Crippen LogP contribution in [-0.2, 0) is 6.61 Å². The van der Waals surface area contributed by atoms with E-state index in [1.807, 2.05) is 13.8 Å². The summed E-state index contributed by atoms with van der Waals surface area (Å²) in [6, 6.07) is 0.310. The van der Waals surface area contributed by atoms with Crippen LogP contribution < -0.4 is 5.56 Å². The lowest BCUT2D eigenvalue weighted by Crippen LogP contribution is -2.22. The van der Waals surface area contributed by atoms with Gasteiger partial charge >= 0.3 is 0 Å². The van der Waals surface area contributed by atoms with E-state index in [2.05, 4.69) is 5.10 Å². The van der Waals surface area contributed by atoms with Gasteiger partial charge in [-0.15, -0.1) is 0 Å². The number of aliphatic hydroxyl groups excluding tert-OH is 1. The number of rotatable bonds is 3. The van der Waals surface area contributed by atoms with Gasteiger partial charge in [-0.1, -0.05) is 26.7 Å². The largest absolute Gasteiger partial charge is 0.391 e. The van der Waals surface area contributed by atoms with Crippen molar-refractivity contribution in [3.63, 3.8) is 0 Å². The molecule has 16 heavy (non-hydrogen) atoms. The van der Waals surface area contributed by atoms with Crippen LogP contribution in [0.3, 0.4) is 0 Å². The van der Waals surface area contributed by atoms with Gasteiger partial charge in [-0.05, 0) is 18.8 Å². The van der Waals surface area contributed by atoms with Crippen molar-refractivity contribution in [3.8, 4) is 0 Å². The molecule has 1 heterocycles. The maximum absolute atomic E-state index is 12.1. The first-order valence-electron chi connectivity index (χ1n) is 6.09. The summed E-state index contributed by atoms with van der Waals surface area (Å²) in [4.78, 5) is 12.1. The minimum absolute atomic E-state index is 0.0295. The first-order valence-corrected chi connectivity index (χ1v) is 6.09. The first kappa shape index (κ1) is 11.5. The Morgan fingerprint density at radius 3 is 2.50 bits per heavy atom. The molecule has 1 aliphatic rings. The van der Waals surface area contributed by atoms with Gasteiger partial charge in [0, 0.05) is 5.69 Å². The predicted molar refractivity (Wildman–Crippen MR) is 62.6 cm³/mol. The third kappa shape index (κ3) is 1.82. The SMILES string of the molecule is CC(C)c1[nH]n(C2CCCC2)c(=O)c1CO. The highest BCUT2D eigenvalue weighted by atomic mass is 16.3. The molecule has 1 saturated carbocycles. The molecule has 0 amide bonds. The van der Waals surface area contributed by atoms with Crippen molar-refractivity contribution in [2.75, 3.05) is 0 Å². The first-order chi connectivity index (χ1) is 7.65. The zero-order valence-corrected chi connectivity index (χ0v) is 9.99. The Bertz CT molecular complexity index is 411. The Morgan fingerprint density at radius 2 is 2.06 bits per heavy atom. The summed E-state index contributed by atoms with van der Waals surface area (Å²) < 4.78 is 1.73. The van der Waals surface area contributed by atoms with Crippen molar-refractivity contribution in [2.24, 2.45) is 0 Å². The van der Waals surface area contributed by atoms with Gasteiger partial charge in [0.25, 0.3) is 5.56 Å². The van der Waals surface area contributed by atoms with Crippen LogP contribution in [0.25, 0.3) is 0 Å². The van der Waals surface area contributed by atoms with Gasteiger partial charge < -0.3 is 5.11 Å². The van der Waals surface area contributed by atoms with Crippen LogP contribution in [0.5, 0.6) is 0 Å². The zero-order valence-electron chi connectivity index (χ0n) is 9.99. The molecule has 2 rings (SSSR count). The van der Waals surface area contributed by atoms with Gasteiger partial charge in [-0.25, -0.2) is 4.68 Å². The molecule has 1 aromatic heterocycles. The quantitative estimate of drug-likeness (QED) is 0.824. The van der Waals surface area contributed by atoms with Crippen molar-refractivity contribution in [3.05, 3.63) is 21.6 Å². The van der Waals surface area contributed by atoms with Crippen LogP contribution in [0.1, 0.15) is 62.7 Å². The topological polar surface area (TPSA) is 58.0 Å². The normalized spacial score (nSPS) is 17.5. The summed E-state index contributed by atoms with van der Waals surface area (Å²) in [7, 11) is 0. The maximum Gasteiger partial charge on any atom is 0.272 e. The molecule has 0 atom stereocenters. The molecule has 4 nitrogen and oxygen atoms in total. The van der Waals surface area contributed by atoms with Crippen molar-refractivity contribution in [1.82, 2.24) is 9.78 Å². The van der Waals surface area contributed by atoms with E-state index < -0.39 is 0 Å². The van der Waals surface area contributed by atoms with Gasteiger partial charge in [-0.3, -0.25) is 9.89 Å². The predicted octanol–water partition coefficient (Wildman–Crippen LogP) is 1.91. The summed E-state index contributed by atoms with van der Waals surface area (Å²) in [6.45, 7) is 3.90. The molecule has 4 heteroatoms. The molecule has 0 unspecified atom stereocenters. The monoisotopic (exact) mass is 224 g/mol. The van der Waals surface area contributed by atoms with Gasteiger partial charge in [0.2, 0.25) is 0 Å². The third-order valence-electron chi connectivity index (χ3n) is 3.47. The average molecular weight is 224 g/mol. The highest BCUT2D eigenvalue weighted by Gasteiger charge is 2.23. The van der Waals surface area contributed by atoms with Crippen molar-refractivity contribution >= 4 is 0 Å². The molecule has 0 spiro atoms. The second kappa shape index (κ2) is 4.45. The summed E-state index contributed by atoms with van der Waals surface area (Å²) >= 11 is 0. The Labute approximate surface area is 95.3 Å². The maximum atomic E-state index is 12.1. The fraction of sp³-hybridized carbons (Fsp3) is 0.750. The molecular formula is C12H20N2O2. The molecule has 0 aromatic carbocycles. The fourth-order valence-electron chi connectivity index (χ4n) is 2.56. The molecule has 1 aliphatic carbocycles. The molecule has 0 aliphatic heterocycles. The van der Waals surface area contributed by atoms with Crippen molar-refractivity contribution < 1.29 is 5.11 Å². The van der Waals surface area contributed by atoms with Crippen LogP contribution in [0.4, 0.5) is 0 Å². The Kier molecular flexibility index (Phi) is 3.19. The summed E-state index contributed by atoms with van der Waals surface area (Å²) in [5.41, 5.74) is 1.40. The van der Waals surface area contributed by atoms with E-state index in [1.54, 1.807) is 4.68 Å². The summed E-state index contributed by atoms with van der Waals surface area (Å²) in [5, 5.41) is 12.5. The lowest BCUT2D eigenvalue weighted by atomic mass is 10.1. The number of aromatic nitrogens is 2. The van der Waals surface area contributed by atoms with Gasteiger partial charge in [0.1, 0.15) is 0 Å². The van der Waals surface area contributed by atoms with E-state index in [4.69, 9.17) is 0 Å². The Morgan fingerprint density at radius 1 is 1.44 bits per heavy atom. The molecule has 90 valence electrons. The van der Waals surface area contributed by atoms with Crippen LogP contribution in [0, 0.1) is 0 Å². The number of nitrogens with one attached hydrogen (secondary N) is 1. The average Bonchev–Trinajstić information content (AvgIpc) is 2.84. The molecule has 2 N–H and O–H groups in total. The van der Waals surface area contributed by atoms with Crippen LogP contribution >= 0.6 is 0 Å². The van der Waals surface area contributed by atoms with Gasteiger partial charge in [0.05, 0.1) is 18.2 Å². The van der Waals surface area contributed by atoms with E-state index in [0.29, 0.717) is 11.6 Å². The zero-order chi connectivity index (χ0) is 11.7. The van der Waals surface area contributed by atoms with E-state index in [-0.39, 0.29) is 18.1 Å². The standard InChI is InChI=1S/C12H20N2O2/c1-8(2)11-10(7-15)12(16)14(13-11)9-5-3-4-6-9/h8-9,13,15H,3-7H2,1-2H3. The smallest absolute Gasteiger partial charge is 0.272 e. The van der Waals surface area contributed by atoms with Crippen molar-refractivity contribution in [1.29, 1.82) is 0 Å². The second-order valence-corrected chi connectivity index (χ2v) is 4.93. The number of hydrogen-bond acceptors (Lipinski definition) is 2. The van der Waals surface area contributed by atoms with E-state index >= 15 is 0 Å². The van der Waals surface area contributed by atoms with Crippen molar-refractivity contribution in [2.45, 2.75) is 58.1 Å². The van der Waals surface area contributed by atoms with Crippen LogP contribution in [0.15, 0.2) is 4.79 Å². The summed E-state index contributed by atoms with van der Waals surface area (Å²) in [6.07, 6.45) is 4.54. The summed E-state index contributed by atoms with van der Waals surface area (Å²) in [5.74, 6) is 0.248. The number of aliphatic hydroxyl groups is 1. The number of aromatic amines is 1. The highest BCUT2D eigenvalue weighted by molar-refractivity contribution is 5.20. The van der Waals surface area contributed by atoms with Gasteiger partial charge in [-0.2, -0.15) is 0 Å². The Balaban J connectivity index is 2.42. The minimum Gasteiger partial charge on any atom is -0.391 e. The Hall–Kier alpha value is -1.03. The van der Waals surface area contributed by atoms with E-state index in [0.717, 1.165) is 18.5 Å². The van der Waals surface area contributed by atoms with Crippen LogP contribution in [-0.4, -0.2) is 14.9 Å². The molecular weight excluding hydrogens is 204 g/mol. The molecule has 0 bridgehead atoms. The molecule has 0 saturated heterocycles. The highest BCUT2D eigenvalue weighted by Crippen LogP contribution is 2.28. The fourth-order valence-corrected chi connectivity index (χ4v) is 2.56. The van der Waals surface area contributed by atoms with Gasteiger partial charge in [0.15, 0.2) is 0 Å². The molecule has 1 fully saturated rings. The third-order valence-corrected chi connectivity index (χ3v) is 3.47. The van der Waals surface area contributed by atoms with Crippen LogP contribution in [0.2, 0.25) is 0 Å². The van der Waals surface area contributed by atoms with E-state index in [9.17, 15) is 9.90 Å².